The highest BCUT2D eigenvalue weighted by Crippen LogP contribution is 2.17. The highest BCUT2D eigenvalue weighted by Gasteiger charge is 1.98. The van der Waals surface area contributed by atoms with Gasteiger partial charge in [-0.3, -0.25) is 0 Å². The zero-order chi connectivity index (χ0) is 14.1. The largest absolute Gasteiger partial charge is 0.497 e. The summed E-state index contributed by atoms with van der Waals surface area (Å²) in [6, 6.07) is 6.26. The number of nitrogens with zero attached hydrogens (tertiary/aromatic N) is 1. The quantitative estimate of drug-likeness (QED) is 0.904. The Hall–Kier alpha value is -1.77. The Labute approximate surface area is 116 Å². The number of hydrogen-bond donors (Lipinski definition) is 1. The molecule has 0 amide bonds. The molecule has 1 heterocycles. The number of H-pyrrole nitrogens is 1. The van der Waals surface area contributed by atoms with Crippen molar-refractivity contribution in [3.8, 4) is 5.75 Å². The first-order valence-electron chi connectivity index (χ1n) is 6.83. The van der Waals surface area contributed by atoms with Crippen molar-refractivity contribution in [1.82, 2.24) is 9.97 Å². The van der Waals surface area contributed by atoms with Gasteiger partial charge in [-0.2, -0.15) is 0 Å². The topological polar surface area (TPSA) is 37.9 Å². The van der Waals surface area contributed by atoms with Crippen LogP contribution in [0.1, 0.15) is 37.2 Å². The van der Waals surface area contributed by atoms with Crippen LogP contribution in [0.3, 0.4) is 0 Å². The predicted octanol–water partition coefficient (Wildman–Crippen LogP) is 3.93. The molecule has 3 nitrogen and oxygen atoms in total. The van der Waals surface area contributed by atoms with E-state index in [0.29, 0.717) is 0 Å². The molecule has 2 rings (SSSR count). The lowest BCUT2D eigenvalue weighted by Crippen LogP contribution is -1.90. The third-order valence-corrected chi connectivity index (χ3v) is 2.96. The maximum absolute atomic E-state index is 5.13. The van der Waals surface area contributed by atoms with Gasteiger partial charge in [-0.05, 0) is 36.6 Å². The second-order valence-electron chi connectivity index (χ2n) is 4.43. The van der Waals surface area contributed by atoms with E-state index in [1.165, 1.54) is 17.5 Å². The van der Waals surface area contributed by atoms with E-state index in [1.807, 2.05) is 12.3 Å². The van der Waals surface area contributed by atoms with Gasteiger partial charge in [-0.15, -0.1) is 0 Å². The average molecular weight is 260 g/mol. The van der Waals surface area contributed by atoms with E-state index in [4.69, 9.17) is 4.74 Å². The monoisotopic (exact) mass is 260 g/mol. The van der Waals surface area contributed by atoms with Crippen LogP contribution in [0.25, 0.3) is 0 Å². The lowest BCUT2D eigenvalue weighted by Gasteiger charge is -2.06. The average Bonchev–Trinajstić information content (AvgIpc) is 2.95. The van der Waals surface area contributed by atoms with Gasteiger partial charge in [0.2, 0.25) is 0 Å². The molecule has 1 aromatic carbocycles. The summed E-state index contributed by atoms with van der Waals surface area (Å²) < 4.78 is 5.13. The number of ether oxygens (including phenoxy) is 1. The first-order valence-corrected chi connectivity index (χ1v) is 6.83. The minimum absolute atomic E-state index is 0.951. The second-order valence-corrected chi connectivity index (χ2v) is 4.43. The van der Waals surface area contributed by atoms with Gasteiger partial charge < -0.3 is 9.72 Å². The van der Waals surface area contributed by atoms with E-state index < -0.39 is 0 Å². The number of benzene rings is 1. The summed E-state index contributed by atoms with van der Waals surface area (Å²) in [6.07, 6.45) is 6.95. The molecular weight excluding hydrogens is 236 g/mol. The fourth-order valence-corrected chi connectivity index (χ4v) is 1.84. The highest BCUT2D eigenvalue weighted by atomic mass is 16.5. The Morgan fingerprint density at radius 2 is 2.05 bits per heavy atom. The van der Waals surface area contributed by atoms with Crippen molar-refractivity contribution in [2.75, 3.05) is 7.11 Å². The first-order chi connectivity index (χ1) is 9.21. The van der Waals surface area contributed by atoms with Crippen LogP contribution in [0.4, 0.5) is 0 Å². The SMILES string of the molecule is CCCc1ccc(OC)cc1C.CCc1ncc[nH]1. The number of aromatic amines is 1. The number of imidazole rings is 1. The van der Waals surface area contributed by atoms with Gasteiger partial charge in [-0.25, -0.2) is 4.98 Å². The summed E-state index contributed by atoms with van der Waals surface area (Å²) in [5.41, 5.74) is 2.76. The lowest BCUT2D eigenvalue weighted by molar-refractivity contribution is 0.414. The molecule has 1 N–H and O–H groups in total. The summed E-state index contributed by atoms with van der Waals surface area (Å²) in [6.45, 7) is 6.40. The van der Waals surface area contributed by atoms with Crippen molar-refractivity contribution in [2.24, 2.45) is 0 Å². The Balaban J connectivity index is 0.000000218. The van der Waals surface area contributed by atoms with Gasteiger partial charge in [0.15, 0.2) is 0 Å². The molecule has 1 aromatic heterocycles. The molecule has 0 unspecified atom stereocenters. The molecule has 0 spiro atoms. The zero-order valence-corrected chi connectivity index (χ0v) is 12.4. The maximum atomic E-state index is 5.13. The van der Waals surface area contributed by atoms with E-state index in [0.717, 1.165) is 24.4 Å². The fourth-order valence-electron chi connectivity index (χ4n) is 1.84. The summed E-state index contributed by atoms with van der Waals surface area (Å²) in [7, 11) is 1.70. The molecule has 0 aliphatic carbocycles. The van der Waals surface area contributed by atoms with Gasteiger partial charge >= 0.3 is 0 Å². The van der Waals surface area contributed by atoms with E-state index >= 15 is 0 Å². The van der Waals surface area contributed by atoms with Crippen LogP contribution >= 0.6 is 0 Å². The van der Waals surface area contributed by atoms with Crippen LogP contribution in [0.5, 0.6) is 5.75 Å². The highest BCUT2D eigenvalue weighted by molar-refractivity contribution is 5.34. The van der Waals surface area contributed by atoms with Crippen molar-refractivity contribution in [3.05, 3.63) is 47.5 Å². The Kier molecular flexibility index (Phi) is 6.72. The number of rotatable bonds is 4. The zero-order valence-electron chi connectivity index (χ0n) is 12.4. The number of nitrogens with one attached hydrogen (secondary N) is 1. The molecule has 0 aliphatic heterocycles. The molecule has 2 aromatic rings. The lowest BCUT2D eigenvalue weighted by atomic mass is 10.0. The molecule has 0 fully saturated rings. The minimum atomic E-state index is 0.951. The molecule has 0 bridgehead atoms. The summed E-state index contributed by atoms with van der Waals surface area (Å²) in [4.78, 5) is 6.95. The fraction of sp³-hybridized carbons (Fsp3) is 0.438. The molecule has 0 aliphatic rings. The van der Waals surface area contributed by atoms with Crippen LogP contribution in [-0.4, -0.2) is 17.1 Å². The Bertz CT molecular complexity index is 464. The molecule has 3 heteroatoms. The van der Waals surface area contributed by atoms with Crippen LogP contribution in [-0.2, 0) is 12.8 Å². The molecule has 0 saturated carbocycles. The van der Waals surface area contributed by atoms with Crippen molar-refractivity contribution < 1.29 is 4.74 Å². The van der Waals surface area contributed by atoms with E-state index in [1.54, 1.807) is 13.3 Å². The molecular formula is C16H24N2O. The molecule has 0 radical (unpaired) electrons. The summed E-state index contributed by atoms with van der Waals surface area (Å²) in [5.74, 6) is 2.01. The van der Waals surface area contributed by atoms with Crippen molar-refractivity contribution in [1.29, 1.82) is 0 Å². The van der Waals surface area contributed by atoms with Crippen molar-refractivity contribution in [2.45, 2.75) is 40.0 Å². The van der Waals surface area contributed by atoms with Gasteiger partial charge in [0.05, 0.1) is 7.11 Å². The third-order valence-electron chi connectivity index (χ3n) is 2.96. The van der Waals surface area contributed by atoms with Crippen LogP contribution in [0, 0.1) is 6.92 Å². The smallest absolute Gasteiger partial charge is 0.119 e. The number of hydrogen-bond acceptors (Lipinski definition) is 2. The molecule has 104 valence electrons. The molecule has 0 saturated heterocycles. The van der Waals surface area contributed by atoms with Gasteiger partial charge in [0.1, 0.15) is 11.6 Å². The van der Waals surface area contributed by atoms with Crippen LogP contribution < -0.4 is 4.74 Å². The van der Waals surface area contributed by atoms with E-state index in [-0.39, 0.29) is 0 Å². The third kappa shape index (κ3) is 5.16. The van der Waals surface area contributed by atoms with Crippen molar-refractivity contribution >= 4 is 0 Å². The minimum Gasteiger partial charge on any atom is -0.497 e. The second kappa shape index (κ2) is 8.35. The van der Waals surface area contributed by atoms with Gasteiger partial charge in [0, 0.05) is 18.8 Å². The number of aromatic nitrogens is 2. The van der Waals surface area contributed by atoms with E-state index in [2.05, 4.69) is 42.9 Å². The number of aryl methyl sites for hydroxylation is 3. The van der Waals surface area contributed by atoms with Gasteiger partial charge in [-0.1, -0.05) is 26.3 Å². The van der Waals surface area contributed by atoms with Gasteiger partial charge in [0.25, 0.3) is 0 Å². The predicted molar refractivity (Wildman–Crippen MR) is 79.7 cm³/mol. The standard InChI is InChI=1S/C11H16O.C5H8N2/c1-4-5-10-6-7-11(12-3)8-9(10)2;1-2-5-6-3-4-7-5/h6-8H,4-5H2,1-3H3;3-4H,2H2,1H3,(H,6,7). The van der Waals surface area contributed by atoms with E-state index in [9.17, 15) is 0 Å². The summed E-state index contributed by atoms with van der Waals surface area (Å²) >= 11 is 0. The first kappa shape index (κ1) is 15.3. The normalized spacial score (nSPS) is 9.68. The summed E-state index contributed by atoms with van der Waals surface area (Å²) in [5, 5.41) is 0. The molecule has 19 heavy (non-hydrogen) atoms. The number of methoxy groups -OCH3 is 1. The maximum Gasteiger partial charge on any atom is 0.119 e. The Morgan fingerprint density at radius 3 is 2.47 bits per heavy atom. The van der Waals surface area contributed by atoms with Crippen LogP contribution in [0.15, 0.2) is 30.6 Å². The van der Waals surface area contributed by atoms with Crippen molar-refractivity contribution in [3.63, 3.8) is 0 Å². The van der Waals surface area contributed by atoms with Crippen LogP contribution in [0.2, 0.25) is 0 Å². The Morgan fingerprint density at radius 1 is 1.26 bits per heavy atom. The molecule has 0 atom stereocenters.